The van der Waals surface area contributed by atoms with Crippen molar-refractivity contribution in [1.82, 2.24) is 9.80 Å². The number of carbonyl (C=O) groups is 2. The molecule has 34 heavy (non-hydrogen) atoms. The number of halogens is 1. The van der Waals surface area contributed by atoms with Gasteiger partial charge in [-0.1, -0.05) is 24.3 Å². The van der Waals surface area contributed by atoms with Crippen LogP contribution in [0, 0.1) is 5.82 Å². The third kappa shape index (κ3) is 6.97. The molecule has 8 heteroatoms. The second-order valence-electron chi connectivity index (χ2n) is 8.92. The molecule has 0 aliphatic carbocycles. The van der Waals surface area contributed by atoms with Crippen molar-refractivity contribution >= 4 is 18.1 Å². The molecule has 1 aliphatic rings. The molecule has 0 saturated carbocycles. The number of amides is 2. The minimum atomic E-state index is -0.549. The first-order chi connectivity index (χ1) is 16.2. The average molecular weight is 471 g/mol. The van der Waals surface area contributed by atoms with Crippen molar-refractivity contribution in [3.63, 3.8) is 0 Å². The number of benzene rings is 2. The molecule has 182 valence electrons. The monoisotopic (exact) mass is 470 g/mol. The van der Waals surface area contributed by atoms with Crippen LogP contribution < -0.4 is 9.47 Å². The summed E-state index contributed by atoms with van der Waals surface area (Å²) in [6.45, 7) is 7.28. The van der Waals surface area contributed by atoms with Crippen LogP contribution in [0.5, 0.6) is 11.5 Å². The number of ether oxygens (including phenoxy) is 3. The topological polar surface area (TPSA) is 68.3 Å². The van der Waals surface area contributed by atoms with Gasteiger partial charge in [-0.2, -0.15) is 0 Å². The maximum atomic E-state index is 13.8. The van der Waals surface area contributed by atoms with Crippen molar-refractivity contribution in [3.8, 4) is 11.5 Å². The molecular weight excluding hydrogens is 439 g/mol. The van der Waals surface area contributed by atoms with Gasteiger partial charge in [0, 0.05) is 37.8 Å². The molecule has 1 saturated heterocycles. The van der Waals surface area contributed by atoms with E-state index in [0.717, 1.165) is 5.56 Å². The fourth-order valence-electron chi connectivity index (χ4n) is 3.39. The lowest BCUT2D eigenvalue weighted by atomic mass is 10.1. The summed E-state index contributed by atoms with van der Waals surface area (Å²) in [5, 5.41) is 0. The van der Waals surface area contributed by atoms with Crippen molar-refractivity contribution < 1.29 is 28.2 Å². The summed E-state index contributed by atoms with van der Waals surface area (Å²) >= 11 is 0. The largest absolute Gasteiger partial charge is 0.493 e. The predicted molar refractivity (Wildman–Crippen MR) is 127 cm³/mol. The summed E-state index contributed by atoms with van der Waals surface area (Å²) in [5.74, 6) is 0.499. The van der Waals surface area contributed by atoms with Crippen LogP contribution in [0.1, 0.15) is 31.9 Å². The lowest BCUT2D eigenvalue weighted by Gasteiger charge is -2.35. The molecule has 0 aromatic heterocycles. The van der Waals surface area contributed by atoms with Crippen molar-refractivity contribution in [1.29, 1.82) is 0 Å². The molecule has 1 fully saturated rings. The third-order valence-electron chi connectivity index (χ3n) is 5.19. The highest BCUT2D eigenvalue weighted by atomic mass is 19.1. The first-order valence-corrected chi connectivity index (χ1v) is 11.2. The lowest BCUT2D eigenvalue weighted by molar-refractivity contribution is -0.127. The smallest absolute Gasteiger partial charge is 0.410 e. The van der Waals surface area contributed by atoms with Crippen LogP contribution in [0.3, 0.4) is 0 Å². The summed E-state index contributed by atoms with van der Waals surface area (Å²) in [4.78, 5) is 28.1. The van der Waals surface area contributed by atoms with Gasteiger partial charge in [0.25, 0.3) is 0 Å². The maximum absolute atomic E-state index is 13.8. The van der Waals surface area contributed by atoms with E-state index in [-0.39, 0.29) is 24.4 Å². The summed E-state index contributed by atoms with van der Waals surface area (Å²) in [6.07, 6.45) is 2.84. The van der Waals surface area contributed by atoms with E-state index in [1.54, 1.807) is 52.3 Å². The van der Waals surface area contributed by atoms with E-state index < -0.39 is 5.60 Å². The minimum Gasteiger partial charge on any atom is -0.493 e. The molecule has 7 nitrogen and oxygen atoms in total. The van der Waals surface area contributed by atoms with Gasteiger partial charge in [0.05, 0.1) is 7.11 Å². The van der Waals surface area contributed by atoms with E-state index in [4.69, 9.17) is 14.2 Å². The van der Waals surface area contributed by atoms with Gasteiger partial charge >= 0.3 is 6.09 Å². The van der Waals surface area contributed by atoms with Gasteiger partial charge in [-0.15, -0.1) is 0 Å². The van der Waals surface area contributed by atoms with Crippen LogP contribution in [0.4, 0.5) is 9.18 Å². The van der Waals surface area contributed by atoms with Crippen molar-refractivity contribution in [2.45, 2.75) is 33.0 Å². The number of nitrogens with zero attached hydrogens (tertiary/aromatic N) is 2. The quantitative estimate of drug-likeness (QED) is 0.582. The molecule has 3 rings (SSSR count). The first-order valence-electron chi connectivity index (χ1n) is 11.2. The summed E-state index contributed by atoms with van der Waals surface area (Å²) in [6, 6.07) is 11.7. The Balaban J connectivity index is 1.55. The summed E-state index contributed by atoms with van der Waals surface area (Å²) in [5.41, 5.74) is 0.660. The molecule has 0 radical (unpaired) electrons. The SMILES string of the molecule is COc1cc(C=CC(=O)N2CCN(C(=O)OC(C)(C)C)CC2)ccc1OCc1ccccc1F. The van der Waals surface area contributed by atoms with Crippen LogP contribution in [-0.4, -0.2) is 60.7 Å². The Hall–Kier alpha value is -3.55. The minimum absolute atomic E-state index is 0.0754. The predicted octanol–water partition coefficient (Wildman–Crippen LogP) is 4.51. The Kier molecular flexibility index (Phi) is 8.15. The molecule has 2 amide bonds. The number of methoxy groups -OCH3 is 1. The first kappa shape index (κ1) is 25.1. The number of hydrogen-bond donors (Lipinski definition) is 0. The normalized spacial score (nSPS) is 14.3. The van der Waals surface area contributed by atoms with Crippen LogP contribution in [0.2, 0.25) is 0 Å². The highest BCUT2D eigenvalue weighted by Crippen LogP contribution is 2.29. The molecule has 0 unspecified atom stereocenters. The lowest BCUT2D eigenvalue weighted by Crippen LogP contribution is -2.51. The molecular formula is C26H31FN2O5. The van der Waals surface area contributed by atoms with Crippen LogP contribution in [-0.2, 0) is 16.1 Å². The molecule has 1 aliphatic heterocycles. The maximum Gasteiger partial charge on any atom is 0.410 e. The van der Waals surface area contributed by atoms with E-state index in [0.29, 0.717) is 43.2 Å². The Labute approximate surface area is 199 Å². The molecule has 0 atom stereocenters. The van der Waals surface area contributed by atoms with Gasteiger partial charge in [0.2, 0.25) is 5.91 Å². The van der Waals surface area contributed by atoms with Gasteiger partial charge in [-0.05, 0) is 50.6 Å². The summed E-state index contributed by atoms with van der Waals surface area (Å²) < 4.78 is 30.3. The highest BCUT2D eigenvalue weighted by molar-refractivity contribution is 5.92. The average Bonchev–Trinajstić information content (AvgIpc) is 2.81. The van der Waals surface area contributed by atoms with Gasteiger partial charge in [-0.3, -0.25) is 4.79 Å². The standard InChI is InChI=1S/C26H31FN2O5/c1-26(2,3)34-25(31)29-15-13-28(14-16-29)24(30)12-10-19-9-11-22(23(17-19)32-4)33-18-20-7-5-6-8-21(20)27/h5-12,17H,13-16,18H2,1-4H3. The Bertz CT molecular complexity index is 1040. The molecule has 0 N–H and O–H groups in total. The van der Waals surface area contributed by atoms with Crippen LogP contribution in [0.25, 0.3) is 6.08 Å². The van der Waals surface area contributed by atoms with Gasteiger partial charge in [0.15, 0.2) is 11.5 Å². The number of hydrogen-bond acceptors (Lipinski definition) is 5. The van der Waals surface area contributed by atoms with E-state index in [9.17, 15) is 14.0 Å². The van der Waals surface area contributed by atoms with Crippen LogP contribution in [0.15, 0.2) is 48.5 Å². The van der Waals surface area contributed by atoms with E-state index >= 15 is 0 Å². The van der Waals surface area contributed by atoms with Crippen LogP contribution >= 0.6 is 0 Å². The molecule has 1 heterocycles. The zero-order valence-electron chi connectivity index (χ0n) is 20.0. The van der Waals surface area contributed by atoms with E-state index in [1.807, 2.05) is 20.8 Å². The number of piperazine rings is 1. The highest BCUT2D eigenvalue weighted by Gasteiger charge is 2.27. The number of carbonyl (C=O) groups excluding carboxylic acids is 2. The van der Waals surface area contributed by atoms with Crippen molar-refractivity contribution in [3.05, 3.63) is 65.5 Å². The second kappa shape index (κ2) is 11.0. The Morgan fingerprint density at radius 1 is 1.00 bits per heavy atom. The van der Waals surface area contributed by atoms with Crippen molar-refractivity contribution in [2.75, 3.05) is 33.3 Å². The molecule has 0 bridgehead atoms. The molecule has 2 aromatic carbocycles. The fraction of sp³-hybridized carbons (Fsp3) is 0.385. The Morgan fingerprint density at radius 2 is 1.68 bits per heavy atom. The van der Waals surface area contributed by atoms with Gasteiger partial charge in [0.1, 0.15) is 18.0 Å². The summed E-state index contributed by atoms with van der Waals surface area (Å²) in [7, 11) is 1.52. The third-order valence-corrected chi connectivity index (χ3v) is 5.19. The fourth-order valence-corrected chi connectivity index (χ4v) is 3.39. The number of rotatable bonds is 6. The van der Waals surface area contributed by atoms with Gasteiger partial charge < -0.3 is 24.0 Å². The van der Waals surface area contributed by atoms with E-state index in [1.165, 1.54) is 19.3 Å². The van der Waals surface area contributed by atoms with Gasteiger partial charge in [-0.25, -0.2) is 9.18 Å². The second-order valence-corrected chi connectivity index (χ2v) is 8.92. The van der Waals surface area contributed by atoms with Crippen molar-refractivity contribution in [2.24, 2.45) is 0 Å². The molecule has 2 aromatic rings. The Morgan fingerprint density at radius 3 is 2.32 bits per heavy atom. The molecule has 0 spiro atoms. The van der Waals surface area contributed by atoms with E-state index in [2.05, 4.69) is 0 Å². The zero-order chi connectivity index (χ0) is 24.7. The zero-order valence-corrected chi connectivity index (χ0v) is 20.0.